The number of nitrogen functional groups attached to an aromatic ring is 1. The molecule has 0 amide bonds. The van der Waals surface area contributed by atoms with Crippen molar-refractivity contribution in [1.29, 1.82) is 0 Å². The lowest BCUT2D eigenvalue weighted by atomic mass is 10.2. The zero-order chi connectivity index (χ0) is 16.4. The van der Waals surface area contributed by atoms with E-state index in [1.807, 2.05) is 24.3 Å². The highest BCUT2D eigenvalue weighted by Crippen LogP contribution is 2.40. The number of imidazole rings is 1. The topological polar surface area (TPSA) is 53.1 Å². The second-order valence-electron chi connectivity index (χ2n) is 6.48. The van der Waals surface area contributed by atoms with E-state index in [4.69, 9.17) is 15.5 Å². The molecule has 0 unspecified atom stereocenters. The molecule has 0 atom stereocenters. The van der Waals surface area contributed by atoms with E-state index in [0.29, 0.717) is 18.2 Å². The number of hydrogen-bond donors (Lipinski definition) is 1. The number of hydrogen-bond acceptors (Lipinski definition) is 3. The Labute approximate surface area is 142 Å². The summed E-state index contributed by atoms with van der Waals surface area (Å²) in [5.74, 6) is 2.71. The minimum Gasteiger partial charge on any atom is -0.491 e. The summed E-state index contributed by atoms with van der Waals surface area (Å²) in [5.41, 5.74) is 8.98. The maximum absolute atomic E-state index is 5.90. The quantitative estimate of drug-likeness (QED) is 0.520. The van der Waals surface area contributed by atoms with Crippen LogP contribution in [0, 0.1) is 0 Å². The first-order valence-corrected chi connectivity index (χ1v) is 8.75. The lowest BCUT2D eigenvalue weighted by molar-refractivity contribution is 0.304. The van der Waals surface area contributed by atoms with Gasteiger partial charge in [0.1, 0.15) is 11.6 Å². The molecule has 0 bridgehead atoms. The van der Waals surface area contributed by atoms with Gasteiger partial charge in [0.15, 0.2) is 0 Å². The van der Waals surface area contributed by atoms with Crippen molar-refractivity contribution in [3.8, 4) is 5.75 Å². The first-order chi connectivity index (χ1) is 11.8. The van der Waals surface area contributed by atoms with E-state index in [2.05, 4.69) is 28.8 Å². The fourth-order valence-corrected chi connectivity index (χ4v) is 3.15. The van der Waals surface area contributed by atoms with Crippen LogP contribution in [0.2, 0.25) is 0 Å². The second-order valence-corrected chi connectivity index (χ2v) is 6.48. The van der Waals surface area contributed by atoms with Crippen LogP contribution in [-0.4, -0.2) is 16.2 Å². The number of aryl methyl sites for hydroxylation is 1. The van der Waals surface area contributed by atoms with Gasteiger partial charge in [0.05, 0.1) is 23.3 Å². The van der Waals surface area contributed by atoms with Crippen molar-refractivity contribution in [2.75, 3.05) is 12.3 Å². The van der Waals surface area contributed by atoms with Gasteiger partial charge in [0.25, 0.3) is 0 Å². The largest absolute Gasteiger partial charge is 0.491 e. The zero-order valence-electron chi connectivity index (χ0n) is 13.8. The van der Waals surface area contributed by atoms with Crippen LogP contribution in [0.25, 0.3) is 11.0 Å². The summed E-state index contributed by atoms with van der Waals surface area (Å²) in [6.45, 7) is 1.69. The molecule has 0 spiro atoms. The molecule has 1 aliphatic carbocycles. The Bertz CT molecular complexity index is 836. The molecule has 2 aromatic carbocycles. The molecule has 0 aliphatic heterocycles. The predicted molar refractivity (Wildman–Crippen MR) is 97.3 cm³/mol. The van der Waals surface area contributed by atoms with Crippen molar-refractivity contribution in [1.82, 2.24) is 9.55 Å². The van der Waals surface area contributed by atoms with E-state index >= 15 is 0 Å². The average Bonchev–Trinajstić information content (AvgIpc) is 3.38. The van der Waals surface area contributed by atoms with Gasteiger partial charge in [-0.2, -0.15) is 0 Å². The van der Waals surface area contributed by atoms with Gasteiger partial charge in [-0.15, -0.1) is 0 Å². The average molecular weight is 321 g/mol. The van der Waals surface area contributed by atoms with Crippen molar-refractivity contribution in [2.45, 2.75) is 38.1 Å². The van der Waals surface area contributed by atoms with Gasteiger partial charge < -0.3 is 15.0 Å². The Morgan fingerprint density at radius 1 is 1.04 bits per heavy atom. The fraction of sp³-hybridized carbons (Fsp3) is 0.350. The van der Waals surface area contributed by atoms with Crippen LogP contribution in [0.15, 0.2) is 48.5 Å². The zero-order valence-corrected chi connectivity index (χ0v) is 13.8. The molecule has 1 heterocycles. The molecular weight excluding hydrogens is 298 g/mol. The highest BCUT2D eigenvalue weighted by Gasteiger charge is 2.29. The maximum Gasteiger partial charge on any atom is 0.142 e. The Morgan fingerprint density at radius 2 is 1.83 bits per heavy atom. The smallest absolute Gasteiger partial charge is 0.142 e. The molecule has 1 aliphatic rings. The number of para-hydroxylation sites is 4. The van der Waals surface area contributed by atoms with Gasteiger partial charge in [-0.1, -0.05) is 24.3 Å². The number of benzene rings is 2. The van der Waals surface area contributed by atoms with E-state index in [-0.39, 0.29) is 0 Å². The number of rotatable bonds is 7. The molecule has 4 nitrogen and oxygen atoms in total. The number of aromatic nitrogens is 2. The SMILES string of the molecule is Nc1ccccc1OCCCCn1c(C2CC2)nc2ccccc21. The first-order valence-electron chi connectivity index (χ1n) is 8.75. The van der Waals surface area contributed by atoms with Gasteiger partial charge in [0.2, 0.25) is 0 Å². The minimum atomic E-state index is 0.665. The summed E-state index contributed by atoms with van der Waals surface area (Å²) in [4.78, 5) is 4.85. The molecular formula is C20H23N3O. The molecule has 1 fully saturated rings. The van der Waals surface area contributed by atoms with E-state index in [0.717, 1.165) is 30.7 Å². The molecule has 0 saturated heterocycles. The number of fused-ring (bicyclic) bond motifs is 1. The van der Waals surface area contributed by atoms with Crippen molar-refractivity contribution >= 4 is 16.7 Å². The summed E-state index contributed by atoms with van der Waals surface area (Å²) in [7, 11) is 0. The van der Waals surface area contributed by atoms with Crippen molar-refractivity contribution in [3.05, 3.63) is 54.4 Å². The van der Waals surface area contributed by atoms with Crippen LogP contribution in [-0.2, 0) is 6.54 Å². The monoisotopic (exact) mass is 321 g/mol. The predicted octanol–water partition coefficient (Wildman–Crippen LogP) is 4.36. The van der Waals surface area contributed by atoms with Gasteiger partial charge in [-0.3, -0.25) is 0 Å². The molecule has 4 heteroatoms. The van der Waals surface area contributed by atoms with Crippen LogP contribution in [0.5, 0.6) is 5.75 Å². The molecule has 124 valence electrons. The number of unbranched alkanes of at least 4 members (excludes halogenated alkanes) is 1. The Hall–Kier alpha value is -2.49. The van der Waals surface area contributed by atoms with Gasteiger partial charge in [-0.25, -0.2) is 4.98 Å². The van der Waals surface area contributed by atoms with Crippen molar-refractivity contribution in [2.24, 2.45) is 0 Å². The van der Waals surface area contributed by atoms with E-state index < -0.39 is 0 Å². The fourth-order valence-electron chi connectivity index (χ4n) is 3.15. The highest BCUT2D eigenvalue weighted by molar-refractivity contribution is 5.76. The third-order valence-corrected chi connectivity index (χ3v) is 4.58. The van der Waals surface area contributed by atoms with E-state index in [9.17, 15) is 0 Å². The van der Waals surface area contributed by atoms with Crippen molar-refractivity contribution < 1.29 is 4.74 Å². The lowest BCUT2D eigenvalue weighted by Crippen LogP contribution is -2.06. The Balaban J connectivity index is 1.37. The summed E-state index contributed by atoms with van der Waals surface area (Å²) < 4.78 is 8.19. The number of ether oxygens (including phenoxy) is 1. The standard InChI is InChI=1S/C20H23N3O/c21-16-7-1-4-10-19(16)24-14-6-5-13-23-18-9-3-2-8-17(18)22-20(23)15-11-12-15/h1-4,7-10,15H,5-6,11-14,21H2. The Morgan fingerprint density at radius 3 is 2.67 bits per heavy atom. The van der Waals surface area contributed by atoms with Crippen molar-refractivity contribution in [3.63, 3.8) is 0 Å². The summed E-state index contributed by atoms with van der Waals surface area (Å²) in [5, 5.41) is 0. The molecule has 0 radical (unpaired) electrons. The van der Waals surface area contributed by atoms with Crippen LogP contribution in [0.4, 0.5) is 5.69 Å². The van der Waals surface area contributed by atoms with Crippen LogP contribution < -0.4 is 10.5 Å². The van der Waals surface area contributed by atoms with Gasteiger partial charge in [0, 0.05) is 12.5 Å². The third kappa shape index (κ3) is 3.09. The first kappa shape index (κ1) is 15.1. The van der Waals surface area contributed by atoms with Crippen LogP contribution >= 0.6 is 0 Å². The van der Waals surface area contributed by atoms with E-state index in [1.54, 1.807) is 0 Å². The third-order valence-electron chi connectivity index (χ3n) is 4.58. The van der Waals surface area contributed by atoms with Gasteiger partial charge >= 0.3 is 0 Å². The summed E-state index contributed by atoms with van der Waals surface area (Å²) >= 11 is 0. The highest BCUT2D eigenvalue weighted by atomic mass is 16.5. The molecule has 4 rings (SSSR count). The van der Waals surface area contributed by atoms with Crippen LogP contribution in [0.3, 0.4) is 0 Å². The number of anilines is 1. The summed E-state index contributed by atoms with van der Waals surface area (Å²) in [6, 6.07) is 16.1. The number of nitrogens with zero attached hydrogens (tertiary/aromatic N) is 2. The Kier molecular flexibility index (Phi) is 4.11. The minimum absolute atomic E-state index is 0.665. The second kappa shape index (κ2) is 6.56. The number of nitrogens with two attached hydrogens (primary N) is 1. The normalized spacial score (nSPS) is 14.2. The maximum atomic E-state index is 5.90. The molecule has 24 heavy (non-hydrogen) atoms. The van der Waals surface area contributed by atoms with E-state index in [1.165, 1.54) is 24.2 Å². The molecule has 2 N–H and O–H groups in total. The van der Waals surface area contributed by atoms with Crippen LogP contribution in [0.1, 0.15) is 37.4 Å². The summed E-state index contributed by atoms with van der Waals surface area (Å²) in [6.07, 6.45) is 4.64. The lowest BCUT2D eigenvalue weighted by Gasteiger charge is -2.10. The molecule has 1 saturated carbocycles. The van der Waals surface area contributed by atoms with Gasteiger partial charge in [-0.05, 0) is 49.9 Å². The molecule has 1 aromatic heterocycles. The molecule has 3 aromatic rings.